The number of hydrogen-bond acceptors (Lipinski definition) is 3. The first-order chi connectivity index (χ1) is 8.58. The lowest BCUT2D eigenvalue weighted by atomic mass is 10.00. The summed E-state index contributed by atoms with van der Waals surface area (Å²) in [4.78, 5) is 12.2. The van der Waals surface area contributed by atoms with Crippen LogP contribution in [-0.4, -0.2) is 24.6 Å². The van der Waals surface area contributed by atoms with Crippen LogP contribution in [0.25, 0.3) is 0 Å². The van der Waals surface area contributed by atoms with E-state index in [-0.39, 0.29) is 23.9 Å². The van der Waals surface area contributed by atoms with Crippen LogP contribution in [0, 0.1) is 0 Å². The van der Waals surface area contributed by atoms with E-state index in [1.54, 1.807) is 0 Å². The number of carbonyl (C=O) groups is 1. The number of nitrogens with two attached hydrogens (primary N) is 1. The molecule has 0 bridgehead atoms. The van der Waals surface area contributed by atoms with E-state index in [1.165, 1.54) is 0 Å². The lowest BCUT2D eigenvalue weighted by Crippen LogP contribution is -2.39. The van der Waals surface area contributed by atoms with Crippen LogP contribution in [0.3, 0.4) is 0 Å². The molecule has 4 nitrogen and oxygen atoms in total. The van der Waals surface area contributed by atoms with Gasteiger partial charge in [-0.25, -0.2) is 0 Å². The van der Waals surface area contributed by atoms with E-state index in [9.17, 15) is 4.79 Å². The molecule has 0 radical (unpaired) electrons. The van der Waals surface area contributed by atoms with E-state index >= 15 is 0 Å². The number of amides is 1. The third-order valence-electron chi connectivity index (χ3n) is 3.13. The number of carbonyl (C=O) groups excluding carboxylic acids is 1. The number of para-hydroxylation sites is 1. The molecule has 4 heteroatoms. The molecule has 0 fully saturated rings. The Morgan fingerprint density at radius 3 is 2.94 bits per heavy atom. The van der Waals surface area contributed by atoms with Gasteiger partial charge in [0, 0.05) is 17.6 Å². The van der Waals surface area contributed by atoms with Crippen molar-refractivity contribution in [1.82, 2.24) is 5.32 Å². The topological polar surface area (TPSA) is 64.3 Å². The fourth-order valence-electron chi connectivity index (χ4n) is 2.34. The first-order valence-electron chi connectivity index (χ1n) is 6.35. The van der Waals surface area contributed by atoms with E-state index in [4.69, 9.17) is 10.5 Å². The van der Waals surface area contributed by atoms with E-state index in [1.807, 2.05) is 38.1 Å². The molecule has 1 aliphatic heterocycles. The molecule has 98 valence electrons. The third kappa shape index (κ3) is 2.82. The molecule has 18 heavy (non-hydrogen) atoms. The summed E-state index contributed by atoms with van der Waals surface area (Å²) in [7, 11) is 0. The van der Waals surface area contributed by atoms with Crippen LogP contribution >= 0.6 is 0 Å². The standard InChI is InChI=1S/C14H20N2O2/c1-9(15)7-10(2)16-14(17)12-8-18-13-6-4-3-5-11(12)13/h3-6,9-10,12H,7-8,15H2,1-2H3,(H,16,17). The number of hydrogen-bond donors (Lipinski definition) is 2. The van der Waals surface area contributed by atoms with E-state index in [2.05, 4.69) is 5.32 Å². The van der Waals surface area contributed by atoms with Gasteiger partial charge in [0.25, 0.3) is 0 Å². The van der Waals surface area contributed by atoms with Crippen molar-refractivity contribution < 1.29 is 9.53 Å². The quantitative estimate of drug-likeness (QED) is 0.846. The minimum absolute atomic E-state index is 0.0214. The molecular formula is C14H20N2O2. The summed E-state index contributed by atoms with van der Waals surface area (Å²) in [6.07, 6.45) is 0.779. The Morgan fingerprint density at radius 2 is 2.22 bits per heavy atom. The van der Waals surface area contributed by atoms with Gasteiger partial charge in [-0.05, 0) is 26.3 Å². The van der Waals surface area contributed by atoms with Crippen LogP contribution in [0.2, 0.25) is 0 Å². The molecular weight excluding hydrogens is 228 g/mol. The predicted octanol–water partition coefficient (Wildman–Crippen LogP) is 1.40. The lowest BCUT2D eigenvalue weighted by Gasteiger charge is -2.18. The molecule has 0 spiro atoms. The summed E-state index contributed by atoms with van der Waals surface area (Å²) in [6, 6.07) is 7.87. The number of benzene rings is 1. The first kappa shape index (κ1) is 12.9. The molecule has 3 unspecified atom stereocenters. The molecule has 0 saturated heterocycles. The summed E-state index contributed by atoms with van der Waals surface area (Å²) in [6.45, 7) is 4.34. The smallest absolute Gasteiger partial charge is 0.231 e. The third-order valence-corrected chi connectivity index (χ3v) is 3.13. The van der Waals surface area contributed by atoms with Crippen molar-refractivity contribution in [3.63, 3.8) is 0 Å². The summed E-state index contributed by atoms with van der Waals surface area (Å²) in [5, 5.41) is 3.00. The summed E-state index contributed by atoms with van der Waals surface area (Å²) in [5.74, 6) is 0.641. The van der Waals surface area contributed by atoms with E-state index in [0.717, 1.165) is 17.7 Å². The molecule has 0 aliphatic carbocycles. The second-order valence-electron chi connectivity index (χ2n) is 5.02. The number of fused-ring (bicyclic) bond motifs is 1. The Bertz CT molecular complexity index is 432. The molecule has 1 amide bonds. The summed E-state index contributed by atoms with van der Waals surface area (Å²) >= 11 is 0. The fraction of sp³-hybridized carbons (Fsp3) is 0.500. The van der Waals surface area contributed by atoms with Gasteiger partial charge in [0.15, 0.2) is 0 Å². The van der Waals surface area contributed by atoms with Crippen molar-refractivity contribution in [1.29, 1.82) is 0 Å². The monoisotopic (exact) mass is 248 g/mol. The minimum Gasteiger partial charge on any atom is -0.492 e. The second-order valence-corrected chi connectivity index (χ2v) is 5.02. The Balaban J connectivity index is 1.99. The molecule has 3 atom stereocenters. The van der Waals surface area contributed by atoms with Gasteiger partial charge in [0.1, 0.15) is 18.3 Å². The van der Waals surface area contributed by atoms with Crippen molar-refractivity contribution in [2.45, 2.75) is 38.3 Å². The van der Waals surface area contributed by atoms with Gasteiger partial charge in [0.05, 0.1) is 0 Å². The van der Waals surface area contributed by atoms with Crippen molar-refractivity contribution in [2.24, 2.45) is 5.73 Å². The van der Waals surface area contributed by atoms with Gasteiger partial charge < -0.3 is 15.8 Å². The zero-order valence-electron chi connectivity index (χ0n) is 10.8. The zero-order valence-corrected chi connectivity index (χ0v) is 10.8. The lowest BCUT2D eigenvalue weighted by molar-refractivity contribution is -0.123. The minimum atomic E-state index is -0.197. The highest BCUT2D eigenvalue weighted by Crippen LogP contribution is 2.33. The van der Waals surface area contributed by atoms with Crippen molar-refractivity contribution in [3.05, 3.63) is 29.8 Å². The highest BCUT2D eigenvalue weighted by atomic mass is 16.5. The number of nitrogens with one attached hydrogen (secondary N) is 1. The van der Waals surface area contributed by atoms with Gasteiger partial charge in [-0.3, -0.25) is 4.79 Å². The average molecular weight is 248 g/mol. The molecule has 1 aromatic carbocycles. The Morgan fingerprint density at radius 1 is 1.50 bits per heavy atom. The van der Waals surface area contributed by atoms with Crippen LogP contribution in [0.15, 0.2) is 24.3 Å². The summed E-state index contributed by atoms with van der Waals surface area (Å²) in [5.41, 5.74) is 6.70. The normalized spacial score (nSPS) is 20.7. The number of ether oxygens (including phenoxy) is 1. The molecule has 3 N–H and O–H groups in total. The van der Waals surface area contributed by atoms with E-state index in [0.29, 0.717) is 6.61 Å². The number of rotatable bonds is 4. The molecule has 1 heterocycles. The van der Waals surface area contributed by atoms with Gasteiger partial charge in [-0.2, -0.15) is 0 Å². The Kier molecular flexibility index (Phi) is 3.87. The molecule has 1 aromatic rings. The van der Waals surface area contributed by atoms with Crippen LogP contribution in [0.4, 0.5) is 0 Å². The summed E-state index contributed by atoms with van der Waals surface area (Å²) < 4.78 is 5.51. The maximum absolute atomic E-state index is 12.2. The van der Waals surface area contributed by atoms with Crippen molar-refractivity contribution >= 4 is 5.91 Å². The van der Waals surface area contributed by atoms with Crippen LogP contribution < -0.4 is 15.8 Å². The first-order valence-corrected chi connectivity index (χ1v) is 6.35. The SMILES string of the molecule is CC(N)CC(C)NC(=O)C1COc2ccccc21. The van der Waals surface area contributed by atoms with Crippen LogP contribution in [-0.2, 0) is 4.79 Å². The Labute approximate surface area is 108 Å². The highest BCUT2D eigenvalue weighted by Gasteiger charge is 2.30. The van der Waals surface area contributed by atoms with Gasteiger partial charge in [0.2, 0.25) is 5.91 Å². The van der Waals surface area contributed by atoms with E-state index < -0.39 is 0 Å². The molecule has 0 saturated carbocycles. The van der Waals surface area contributed by atoms with Crippen molar-refractivity contribution in [3.8, 4) is 5.75 Å². The maximum atomic E-state index is 12.2. The van der Waals surface area contributed by atoms with Crippen molar-refractivity contribution in [2.75, 3.05) is 6.61 Å². The molecule has 2 rings (SSSR count). The van der Waals surface area contributed by atoms with Crippen LogP contribution in [0.5, 0.6) is 5.75 Å². The average Bonchev–Trinajstić information content (AvgIpc) is 2.71. The molecule has 0 aromatic heterocycles. The van der Waals surface area contributed by atoms with Gasteiger partial charge in [-0.1, -0.05) is 18.2 Å². The molecule has 1 aliphatic rings. The highest BCUT2D eigenvalue weighted by molar-refractivity contribution is 5.85. The largest absolute Gasteiger partial charge is 0.492 e. The van der Waals surface area contributed by atoms with Crippen LogP contribution in [0.1, 0.15) is 31.7 Å². The van der Waals surface area contributed by atoms with Gasteiger partial charge in [-0.15, -0.1) is 0 Å². The van der Waals surface area contributed by atoms with Gasteiger partial charge >= 0.3 is 0 Å². The Hall–Kier alpha value is -1.55. The second kappa shape index (κ2) is 5.40. The maximum Gasteiger partial charge on any atom is 0.231 e. The fourth-order valence-corrected chi connectivity index (χ4v) is 2.34. The zero-order chi connectivity index (χ0) is 13.1. The predicted molar refractivity (Wildman–Crippen MR) is 70.5 cm³/mol.